The van der Waals surface area contributed by atoms with E-state index in [1.54, 1.807) is 0 Å². The van der Waals surface area contributed by atoms with Crippen LogP contribution in [0.25, 0.3) is 0 Å². The fourth-order valence-electron chi connectivity index (χ4n) is 2.93. The predicted molar refractivity (Wildman–Crippen MR) is 80.8 cm³/mol. The van der Waals surface area contributed by atoms with Crippen LogP contribution in [0, 0.1) is 0 Å². The van der Waals surface area contributed by atoms with Gasteiger partial charge in [-0.05, 0) is 18.9 Å². The Morgan fingerprint density at radius 2 is 2.05 bits per heavy atom. The number of nitrogens with one attached hydrogen (secondary N) is 2. The van der Waals surface area contributed by atoms with Gasteiger partial charge in [0.25, 0.3) is 0 Å². The lowest BCUT2D eigenvalue weighted by molar-refractivity contribution is -0.000177. The average Bonchev–Trinajstić information content (AvgIpc) is 2.55. The molecule has 2 aliphatic rings. The number of carbonyl (C=O) groups is 1. The first-order chi connectivity index (χ1) is 10.7. The molecule has 1 unspecified atom stereocenters. The summed E-state index contributed by atoms with van der Waals surface area (Å²) in [5.74, 6) is 0.683. The Balaban J connectivity index is 1.57. The van der Waals surface area contributed by atoms with Crippen LogP contribution in [0.1, 0.15) is 24.8 Å². The number of hydrogen-bond donors (Lipinski definition) is 3. The van der Waals surface area contributed by atoms with Crippen molar-refractivity contribution in [3.63, 3.8) is 0 Å². The molecule has 6 nitrogen and oxygen atoms in total. The van der Waals surface area contributed by atoms with Gasteiger partial charge in [-0.1, -0.05) is 18.2 Å². The third-order valence-corrected chi connectivity index (χ3v) is 4.26. The van der Waals surface area contributed by atoms with Crippen molar-refractivity contribution in [3.05, 3.63) is 29.8 Å². The number of fused-ring (bicyclic) bond motifs is 1. The van der Waals surface area contributed by atoms with Gasteiger partial charge in [0.2, 0.25) is 0 Å². The normalized spacial score (nSPS) is 25.0. The Labute approximate surface area is 129 Å². The van der Waals surface area contributed by atoms with Crippen LogP contribution < -0.4 is 15.4 Å². The molecule has 1 atom stereocenters. The van der Waals surface area contributed by atoms with E-state index in [9.17, 15) is 9.90 Å². The second-order valence-electron chi connectivity index (χ2n) is 5.84. The first-order valence-electron chi connectivity index (χ1n) is 7.74. The summed E-state index contributed by atoms with van der Waals surface area (Å²) in [5.41, 5.74) is -0.352. The van der Waals surface area contributed by atoms with Gasteiger partial charge in [-0.15, -0.1) is 0 Å². The molecule has 1 aromatic carbocycles. The molecule has 2 heterocycles. The lowest BCUT2D eigenvalue weighted by Gasteiger charge is -2.34. The largest absolute Gasteiger partial charge is 0.493 e. The van der Waals surface area contributed by atoms with Gasteiger partial charge in [-0.3, -0.25) is 0 Å². The molecular weight excluding hydrogens is 284 g/mol. The summed E-state index contributed by atoms with van der Waals surface area (Å²) in [6.45, 7) is 1.97. The molecule has 2 amide bonds. The highest BCUT2D eigenvalue weighted by atomic mass is 16.5. The minimum atomic E-state index is -1.08. The predicted octanol–water partition coefficient (Wildman–Crippen LogP) is 1.13. The van der Waals surface area contributed by atoms with Gasteiger partial charge in [0.1, 0.15) is 11.4 Å². The molecule has 0 saturated carbocycles. The van der Waals surface area contributed by atoms with Crippen molar-refractivity contribution in [2.75, 3.05) is 26.4 Å². The minimum absolute atomic E-state index is 0.144. The molecule has 22 heavy (non-hydrogen) atoms. The summed E-state index contributed by atoms with van der Waals surface area (Å²) in [7, 11) is 0. The summed E-state index contributed by atoms with van der Waals surface area (Å²) in [6, 6.07) is 7.31. The Morgan fingerprint density at radius 1 is 1.27 bits per heavy atom. The number of urea groups is 1. The van der Waals surface area contributed by atoms with Crippen LogP contribution in [-0.4, -0.2) is 43.5 Å². The minimum Gasteiger partial charge on any atom is -0.493 e. The zero-order chi connectivity index (χ0) is 15.4. The van der Waals surface area contributed by atoms with Crippen molar-refractivity contribution >= 4 is 6.03 Å². The number of ether oxygens (including phenoxy) is 2. The lowest BCUT2D eigenvalue weighted by Crippen LogP contribution is -2.49. The number of rotatable bonds is 3. The molecule has 1 fully saturated rings. The lowest BCUT2D eigenvalue weighted by atomic mass is 9.88. The molecule has 1 saturated heterocycles. The van der Waals surface area contributed by atoms with E-state index in [4.69, 9.17) is 9.47 Å². The quantitative estimate of drug-likeness (QED) is 0.782. The Kier molecular flexibility index (Phi) is 4.49. The van der Waals surface area contributed by atoms with Crippen molar-refractivity contribution in [2.45, 2.75) is 30.9 Å². The van der Waals surface area contributed by atoms with Crippen LogP contribution in [0.4, 0.5) is 4.79 Å². The second kappa shape index (κ2) is 6.54. The van der Waals surface area contributed by atoms with E-state index < -0.39 is 5.60 Å². The van der Waals surface area contributed by atoms with Crippen molar-refractivity contribution in [3.8, 4) is 5.75 Å². The zero-order valence-electron chi connectivity index (χ0n) is 12.5. The molecule has 3 rings (SSSR count). The third kappa shape index (κ3) is 3.34. The standard InChI is InChI=1S/C16H22N2O4/c19-15(18-12-5-8-21-9-6-12)17-11-16(20)7-10-22-14-4-2-1-3-13(14)16/h1-4,12,20H,5-11H2,(H2,17,18,19). The number of amides is 2. The SMILES string of the molecule is O=C(NCC1(O)CCOc2ccccc21)NC1CCOCC1. The Bertz CT molecular complexity index is 531. The van der Waals surface area contributed by atoms with E-state index in [1.165, 1.54) is 0 Å². The van der Waals surface area contributed by atoms with Crippen LogP contribution in [0.5, 0.6) is 5.75 Å². The van der Waals surface area contributed by atoms with Gasteiger partial charge in [-0.25, -0.2) is 4.79 Å². The second-order valence-corrected chi connectivity index (χ2v) is 5.84. The molecule has 1 aromatic rings. The summed E-state index contributed by atoms with van der Waals surface area (Å²) in [6.07, 6.45) is 2.12. The van der Waals surface area contributed by atoms with Crippen molar-refractivity contribution in [1.29, 1.82) is 0 Å². The van der Waals surface area contributed by atoms with Gasteiger partial charge in [-0.2, -0.15) is 0 Å². The summed E-state index contributed by atoms with van der Waals surface area (Å²) in [5, 5.41) is 16.5. The van der Waals surface area contributed by atoms with Gasteiger partial charge in [0, 0.05) is 31.2 Å². The smallest absolute Gasteiger partial charge is 0.315 e. The van der Waals surface area contributed by atoms with Gasteiger partial charge in [0.05, 0.1) is 13.2 Å². The fourth-order valence-corrected chi connectivity index (χ4v) is 2.93. The molecule has 2 aliphatic heterocycles. The topological polar surface area (TPSA) is 79.8 Å². The maximum atomic E-state index is 12.0. The average molecular weight is 306 g/mol. The third-order valence-electron chi connectivity index (χ3n) is 4.26. The van der Waals surface area contributed by atoms with E-state index in [-0.39, 0.29) is 18.6 Å². The van der Waals surface area contributed by atoms with Crippen LogP contribution in [0.2, 0.25) is 0 Å². The summed E-state index contributed by atoms with van der Waals surface area (Å²) in [4.78, 5) is 12.0. The van der Waals surface area contributed by atoms with E-state index >= 15 is 0 Å². The fraction of sp³-hybridized carbons (Fsp3) is 0.562. The van der Waals surface area contributed by atoms with Crippen LogP contribution in [-0.2, 0) is 10.3 Å². The van der Waals surface area contributed by atoms with Crippen LogP contribution in [0.3, 0.4) is 0 Å². The molecule has 0 aliphatic carbocycles. The van der Waals surface area contributed by atoms with Crippen LogP contribution >= 0.6 is 0 Å². The van der Waals surface area contributed by atoms with Crippen molar-refractivity contribution in [1.82, 2.24) is 10.6 Å². The molecule has 120 valence electrons. The first-order valence-corrected chi connectivity index (χ1v) is 7.74. The Hall–Kier alpha value is -1.79. The highest BCUT2D eigenvalue weighted by molar-refractivity contribution is 5.74. The molecule has 0 bridgehead atoms. The number of aliphatic hydroxyl groups is 1. The van der Waals surface area contributed by atoms with Crippen molar-refractivity contribution < 1.29 is 19.4 Å². The summed E-state index contributed by atoms with van der Waals surface area (Å²) < 4.78 is 10.8. The number of benzene rings is 1. The van der Waals surface area contributed by atoms with Crippen molar-refractivity contribution in [2.24, 2.45) is 0 Å². The van der Waals surface area contributed by atoms with E-state index in [0.717, 1.165) is 18.4 Å². The first kappa shape index (κ1) is 15.1. The van der Waals surface area contributed by atoms with Crippen LogP contribution in [0.15, 0.2) is 24.3 Å². The van der Waals surface area contributed by atoms with Gasteiger partial charge >= 0.3 is 6.03 Å². The number of carbonyl (C=O) groups excluding carboxylic acids is 1. The monoisotopic (exact) mass is 306 g/mol. The Morgan fingerprint density at radius 3 is 2.86 bits per heavy atom. The highest BCUT2D eigenvalue weighted by Gasteiger charge is 2.35. The number of hydrogen-bond acceptors (Lipinski definition) is 4. The summed E-state index contributed by atoms with van der Waals surface area (Å²) >= 11 is 0. The highest BCUT2D eigenvalue weighted by Crippen LogP contribution is 2.36. The molecule has 0 radical (unpaired) electrons. The molecular formula is C16H22N2O4. The maximum Gasteiger partial charge on any atom is 0.315 e. The van der Waals surface area contributed by atoms with E-state index in [2.05, 4.69) is 10.6 Å². The molecule has 3 N–H and O–H groups in total. The van der Waals surface area contributed by atoms with Gasteiger partial charge in [0.15, 0.2) is 0 Å². The molecule has 0 aromatic heterocycles. The van der Waals surface area contributed by atoms with E-state index in [0.29, 0.717) is 32.0 Å². The number of para-hydroxylation sites is 1. The molecule has 6 heteroatoms. The zero-order valence-corrected chi connectivity index (χ0v) is 12.5. The maximum absolute atomic E-state index is 12.0. The van der Waals surface area contributed by atoms with E-state index in [1.807, 2.05) is 24.3 Å². The molecule has 0 spiro atoms. The van der Waals surface area contributed by atoms with Gasteiger partial charge < -0.3 is 25.2 Å².